The van der Waals surface area contributed by atoms with Crippen molar-refractivity contribution in [2.75, 3.05) is 19.8 Å². The molecule has 2 rings (SSSR count). The maximum atomic E-state index is 5.97. The normalized spacial score (nSPS) is 37.3. The van der Waals surface area contributed by atoms with Crippen LogP contribution in [0.15, 0.2) is 0 Å². The van der Waals surface area contributed by atoms with Gasteiger partial charge in [-0.05, 0) is 32.6 Å². The van der Waals surface area contributed by atoms with Gasteiger partial charge in [0.25, 0.3) is 0 Å². The number of likely N-dealkylation sites (tertiary alicyclic amines) is 1. The molecule has 0 radical (unpaired) electrons. The van der Waals surface area contributed by atoms with Gasteiger partial charge < -0.3 is 10.5 Å². The van der Waals surface area contributed by atoms with E-state index in [0.29, 0.717) is 12.1 Å². The Balaban J connectivity index is 1.89. The van der Waals surface area contributed by atoms with Gasteiger partial charge in [0, 0.05) is 37.9 Å². The van der Waals surface area contributed by atoms with E-state index in [9.17, 15) is 0 Å². The first kappa shape index (κ1) is 10.4. The summed E-state index contributed by atoms with van der Waals surface area (Å²) >= 11 is 0. The van der Waals surface area contributed by atoms with E-state index in [-0.39, 0.29) is 0 Å². The van der Waals surface area contributed by atoms with Gasteiger partial charge in [-0.1, -0.05) is 0 Å². The second-order valence-corrected chi connectivity index (χ2v) is 4.71. The van der Waals surface area contributed by atoms with E-state index in [1.165, 1.54) is 25.8 Å². The van der Waals surface area contributed by atoms with Crippen molar-refractivity contribution in [2.45, 2.75) is 50.7 Å². The van der Waals surface area contributed by atoms with E-state index in [0.717, 1.165) is 25.7 Å². The Morgan fingerprint density at radius 2 is 1.93 bits per heavy atom. The lowest BCUT2D eigenvalue weighted by atomic mass is 9.95. The van der Waals surface area contributed by atoms with Crippen LogP contribution in [0.5, 0.6) is 0 Å². The van der Waals surface area contributed by atoms with Crippen molar-refractivity contribution in [3.8, 4) is 0 Å². The summed E-state index contributed by atoms with van der Waals surface area (Å²) in [5.41, 5.74) is 5.97. The second-order valence-electron chi connectivity index (χ2n) is 4.71. The van der Waals surface area contributed by atoms with E-state index < -0.39 is 0 Å². The minimum atomic E-state index is 0.432. The van der Waals surface area contributed by atoms with E-state index in [4.69, 9.17) is 10.5 Å². The first-order chi connectivity index (χ1) is 6.77. The molecule has 0 bridgehead atoms. The average Bonchev–Trinajstić information content (AvgIpc) is 2.19. The van der Waals surface area contributed by atoms with Gasteiger partial charge in [0.2, 0.25) is 0 Å². The van der Waals surface area contributed by atoms with Crippen molar-refractivity contribution in [3.63, 3.8) is 0 Å². The summed E-state index contributed by atoms with van der Waals surface area (Å²) in [4.78, 5) is 2.64. The lowest BCUT2D eigenvalue weighted by Crippen LogP contribution is -2.51. The predicted octanol–water partition coefficient (Wildman–Crippen LogP) is 0.977. The highest BCUT2D eigenvalue weighted by atomic mass is 16.5. The van der Waals surface area contributed by atoms with Gasteiger partial charge in [0.1, 0.15) is 0 Å². The summed E-state index contributed by atoms with van der Waals surface area (Å²) in [6.07, 6.45) is 4.75. The molecule has 0 spiro atoms. The summed E-state index contributed by atoms with van der Waals surface area (Å²) < 4.78 is 5.40. The van der Waals surface area contributed by atoms with Crippen molar-refractivity contribution < 1.29 is 4.74 Å². The summed E-state index contributed by atoms with van der Waals surface area (Å²) in [5, 5.41) is 0. The highest BCUT2D eigenvalue weighted by molar-refractivity contribution is 4.86. The Morgan fingerprint density at radius 3 is 2.57 bits per heavy atom. The number of nitrogens with two attached hydrogens (primary N) is 1. The van der Waals surface area contributed by atoms with Gasteiger partial charge in [-0.25, -0.2) is 0 Å². The van der Waals surface area contributed by atoms with Gasteiger partial charge in [0.05, 0.1) is 0 Å². The zero-order chi connectivity index (χ0) is 9.97. The summed E-state index contributed by atoms with van der Waals surface area (Å²) in [6.45, 7) is 5.39. The first-order valence-corrected chi connectivity index (χ1v) is 5.86. The van der Waals surface area contributed by atoms with Crippen LogP contribution in [-0.2, 0) is 4.74 Å². The fourth-order valence-electron chi connectivity index (χ4n) is 2.79. The minimum absolute atomic E-state index is 0.432. The largest absolute Gasteiger partial charge is 0.381 e. The van der Waals surface area contributed by atoms with Crippen molar-refractivity contribution in [3.05, 3.63) is 0 Å². The smallest absolute Gasteiger partial charge is 0.0480 e. The van der Waals surface area contributed by atoms with E-state index in [1.54, 1.807) is 0 Å². The Bertz CT molecular complexity index is 180. The fraction of sp³-hybridized carbons (Fsp3) is 1.00. The molecule has 0 amide bonds. The van der Waals surface area contributed by atoms with Crippen molar-refractivity contribution in [1.29, 1.82) is 0 Å². The molecule has 2 heterocycles. The van der Waals surface area contributed by atoms with E-state index >= 15 is 0 Å². The summed E-state index contributed by atoms with van der Waals surface area (Å²) in [7, 11) is 0. The van der Waals surface area contributed by atoms with Crippen LogP contribution in [0.3, 0.4) is 0 Å². The van der Waals surface area contributed by atoms with Gasteiger partial charge in [-0.3, -0.25) is 4.90 Å². The molecular formula is C11H22N2O. The molecule has 2 fully saturated rings. The monoisotopic (exact) mass is 198 g/mol. The van der Waals surface area contributed by atoms with Crippen LogP contribution >= 0.6 is 0 Å². The molecule has 2 aliphatic heterocycles. The number of hydrogen-bond donors (Lipinski definition) is 1. The molecule has 0 unspecified atom stereocenters. The van der Waals surface area contributed by atoms with E-state index in [1.807, 2.05) is 0 Å². The third kappa shape index (κ3) is 2.27. The Morgan fingerprint density at radius 1 is 1.21 bits per heavy atom. The minimum Gasteiger partial charge on any atom is -0.381 e. The zero-order valence-corrected chi connectivity index (χ0v) is 9.11. The molecule has 3 heteroatoms. The summed E-state index contributed by atoms with van der Waals surface area (Å²) in [6, 6.07) is 1.86. The van der Waals surface area contributed by atoms with Crippen LogP contribution in [0.2, 0.25) is 0 Å². The third-order valence-electron chi connectivity index (χ3n) is 3.63. The van der Waals surface area contributed by atoms with Crippen LogP contribution in [0.4, 0.5) is 0 Å². The maximum Gasteiger partial charge on any atom is 0.0480 e. The van der Waals surface area contributed by atoms with Gasteiger partial charge in [-0.15, -0.1) is 0 Å². The van der Waals surface area contributed by atoms with Crippen LogP contribution in [0.1, 0.15) is 32.6 Å². The molecule has 2 aliphatic rings. The van der Waals surface area contributed by atoms with Crippen molar-refractivity contribution >= 4 is 0 Å². The topological polar surface area (TPSA) is 38.5 Å². The molecule has 2 N–H and O–H groups in total. The van der Waals surface area contributed by atoms with Crippen LogP contribution in [-0.4, -0.2) is 42.8 Å². The quantitative estimate of drug-likeness (QED) is 0.682. The number of ether oxygens (including phenoxy) is 1. The molecule has 82 valence electrons. The molecule has 2 atom stereocenters. The zero-order valence-electron chi connectivity index (χ0n) is 9.11. The van der Waals surface area contributed by atoms with E-state index in [2.05, 4.69) is 11.8 Å². The maximum absolute atomic E-state index is 5.97. The lowest BCUT2D eigenvalue weighted by Gasteiger charge is -2.43. The first-order valence-electron chi connectivity index (χ1n) is 5.86. The SMILES string of the molecule is C[C@H]1C[C@@H](N)CCN1C1CCOCC1. The predicted molar refractivity (Wildman–Crippen MR) is 57.2 cm³/mol. The number of rotatable bonds is 1. The van der Waals surface area contributed by atoms with Gasteiger partial charge >= 0.3 is 0 Å². The molecule has 3 nitrogen and oxygen atoms in total. The molecule has 0 saturated carbocycles. The molecule has 14 heavy (non-hydrogen) atoms. The second kappa shape index (κ2) is 4.60. The molecule has 0 aromatic heterocycles. The number of nitrogens with zero attached hydrogens (tertiary/aromatic N) is 1. The Hall–Kier alpha value is -0.120. The molecule has 0 aromatic carbocycles. The lowest BCUT2D eigenvalue weighted by molar-refractivity contribution is 0.00610. The van der Waals surface area contributed by atoms with Crippen molar-refractivity contribution in [1.82, 2.24) is 4.90 Å². The molecule has 0 aliphatic carbocycles. The van der Waals surface area contributed by atoms with Gasteiger partial charge in [-0.2, -0.15) is 0 Å². The van der Waals surface area contributed by atoms with Crippen molar-refractivity contribution in [2.24, 2.45) is 5.73 Å². The average molecular weight is 198 g/mol. The molecule has 2 saturated heterocycles. The highest BCUT2D eigenvalue weighted by Crippen LogP contribution is 2.23. The van der Waals surface area contributed by atoms with Crippen LogP contribution in [0, 0.1) is 0 Å². The van der Waals surface area contributed by atoms with Crippen LogP contribution < -0.4 is 5.73 Å². The standard InChI is InChI=1S/C11H22N2O/c1-9-8-10(12)2-5-13(9)11-3-6-14-7-4-11/h9-11H,2-8,12H2,1H3/t9-,10-/m0/s1. The Kier molecular flexibility index (Phi) is 3.42. The third-order valence-corrected chi connectivity index (χ3v) is 3.63. The number of hydrogen-bond acceptors (Lipinski definition) is 3. The van der Waals surface area contributed by atoms with Crippen LogP contribution in [0.25, 0.3) is 0 Å². The molecule has 0 aromatic rings. The summed E-state index contributed by atoms with van der Waals surface area (Å²) in [5.74, 6) is 0. The molecular weight excluding hydrogens is 176 g/mol. The fourth-order valence-corrected chi connectivity index (χ4v) is 2.79. The van der Waals surface area contributed by atoms with Gasteiger partial charge in [0.15, 0.2) is 0 Å². The Labute approximate surface area is 86.6 Å². The number of piperidine rings is 1. The highest BCUT2D eigenvalue weighted by Gasteiger charge is 2.29.